The number of allylic oxidation sites excluding steroid dienone is 4. The summed E-state index contributed by atoms with van der Waals surface area (Å²) in [6.07, 6.45) is 12.6. The third kappa shape index (κ3) is 4.58. The SMILES string of the molecule is O[C@H]1CC/C=C/CC/C=C/CC[C@@H]1O. The molecule has 1 aliphatic carbocycles. The third-order valence-electron chi connectivity index (χ3n) is 2.54. The molecular formula is C12H20O2. The van der Waals surface area contributed by atoms with Crippen molar-refractivity contribution in [3.63, 3.8) is 0 Å². The summed E-state index contributed by atoms with van der Waals surface area (Å²) in [4.78, 5) is 0. The second kappa shape index (κ2) is 6.80. The lowest BCUT2D eigenvalue weighted by atomic mass is 10.0. The van der Waals surface area contributed by atoms with E-state index in [-0.39, 0.29) is 0 Å². The lowest BCUT2D eigenvalue weighted by molar-refractivity contribution is 0.0111. The highest BCUT2D eigenvalue weighted by Gasteiger charge is 2.14. The Balaban J connectivity index is 2.41. The van der Waals surface area contributed by atoms with Crippen LogP contribution in [0.3, 0.4) is 0 Å². The fourth-order valence-corrected chi connectivity index (χ4v) is 1.58. The number of aliphatic hydroxyl groups is 2. The van der Waals surface area contributed by atoms with Crippen molar-refractivity contribution in [1.29, 1.82) is 0 Å². The molecule has 80 valence electrons. The average Bonchev–Trinajstić information content (AvgIpc) is 2.18. The van der Waals surface area contributed by atoms with Gasteiger partial charge in [0.25, 0.3) is 0 Å². The van der Waals surface area contributed by atoms with E-state index in [2.05, 4.69) is 24.3 Å². The van der Waals surface area contributed by atoms with Gasteiger partial charge in [-0.2, -0.15) is 0 Å². The number of hydrogen-bond acceptors (Lipinski definition) is 2. The molecule has 0 aromatic heterocycles. The van der Waals surface area contributed by atoms with Gasteiger partial charge in [-0.15, -0.1) is 0 Å². The minimum atomic E-state index is -0.563. The summed E-state index contributed by atoms with van der Waals surface area (Å²) in [6, 6.07) is 0. The molecule has 0 saturated carbocycles. The highest BCUT2D eigenvalue weighted by atomic mass is 16.3. The summed E-state index contributed by atoms with van der Waals surface area (Å²) < 4.78 is 0. The molecule has 2 N–H and O–H groups in total. The Morgan fingerprint density at radius 3 is 1.43 bits per heavy atom. The Labute approximate surface area is 86.0 Å². The van der Waals surface area contributed by atoms with Crippen molar-refractivity contribution >= 4 is 0 Å². The van der Waals surface area contributed by atoms with Crippen molar-refractivity contribution in [1.82, 2.24) is 0 Å². The standard InChI is InChI=1S/C12H20O2/c13-11-9-7-5-3-1-2-4-6-8-10-12(11)14/h3-6,11-14H,1-2,7-10H2/b5-3+,6-4+/t11-,12-/m0/s1. The molecule has 14 heavy (non-hydrogen) atoms. The molecule has 0 radical (unpaired) electrons. The zero-order chi connectivity index (χ0) is 10.2. The molecule has 0 aliphatic heterocycles. The minimum absolute atomic E-state index is 0.563. The van der Waals surface area contributed by atoms with Crippen LogP contribution in [0.25, 0.3) is 0 Å². The van der Waals surface area contributed by atoms with Crippen LogP contribution >= 0.6 is 0 Å². The van der Waals surface area contributed by atoms with Crippen molar-refractivity contribution in [3.8, 4) is 0 Å². The van der Waals surface area contributed by atoms with Crippen molar-refractivity contribution in [2.75, 3.05) is 0 Å². The highest BCUT2D eigenvalue weighted by molar-refractivity contribution is 4.90. The van der Waals surface area contributed by atoms with Crippen LogP contribution in [0.2, 0.25) is 0 Å². The molecule has 0 aromatic rings. The van der Waals surface area contributed by atoms with E-state index in [4.69, 9.17) is 0 Å². The first-order valence-electron chi connectivity index (χ1n) is 5.47. The zero-order valence-electron chi connectivity index (χ0n) is 8.60. The fraction of sp³-hybridized carbons (Fsp3) is 0.667. The molecule has 2 atom stereocenters. The molecule has 2 nitrogen and oxygen atoms in total. The van der Waals surface area contributed by atoms with Crippen LogP contribution in [0.1, 0.15) is 38.5 Å². The van der Waals surface area contributed by atoms with Crippen LogP contribution in [0.5, 0.6) is 0 Å². The molecule has 0 fully saturated rings. The van der Waals surface area contributed by atoms with Crippen molar-refractivity contribution in [3.05, 3.63) is 24.3 Å². The third-order valence-corrected chi connectivity index (χ3v) is 2.54. The van der Waals surface area contributed by atoms with Gasteiger partial charge < -0.3 is 10.2 Å². The van der Waals surface area contributed by atoms with Crippen LogP contribution in [-0.2, 0) is 0 Å². The quantitative estimate of drug-likeness (QED) is 0.583. The lowest BCUT2D eigenvalue weighted by Gasteiger charge is -2.16. The van der Waals surface area contributed by atoms with Crippen molar-refractivity contribution < 1.29 is 10.2 Å². The van der Waals surface area contributed by atoms with Crippen LogP contribution in [-0.4, -0.2) is 22.4 Å². The van der Waals surface area contributed by atoms with E-state index >= 15 is 0 Å². The van der Waals surface area contributed by atoms with Gasteiger partial charge in [-0.3, -0.25) is 0 Å². The summed E-state index contributed by atoms with van der Waals surface area (Å²) >= 11 is 0. The zero-order valence-corrected chi connectivity index (χ0v) is 8.60. The maximum Gasteiger partial charge on any atom is 0.0802 e. The van der Waals surface area contributed by atoms with Crippen molar-refractivity contribution in [2.24, 2.45) is 0 Å². The van der Waals surface area contributed by atoms with Gasteiger partial charge in [-0.05, 0) is 38.5 Å². The largest absolute Gasteiger partial charge is 0.390 e. The van der Waals surface area contributed by atoms with Gasteiger partial charge in [0.05, 0.1) is 12.2 Å². The van der Waals surface area contributed by atoms with Gasteiger partial charge in [-0.1, -0.05) is 24.3 Å². The molecule has 1 rings (SSSR count). The monoisotopic (exact) mass is 196 g/mol. The fourth-order valence-electron chi connectivity index (χ4n) is 1.58. The van der Waals surface area contributed by atoms with E-state index in [1.165, 1.54) is 0 Å². The summed E-state index contributed by atoms with van der Waals surface area (Å²) in [5.74, 6) is 0. The topological polar surface area (TPSA) is 40.5 Å². The Hall–Kier alpha value is -0.600. The summed E-state index contributed by atoms with van der Waals surface area (Å²) in [5.41, 5.74) is 0. The molecule has 0 saturated heterocycles. The first kappa shape index (κ1) is 11.5. The summed E-state index contributed by atoms with van der Waals surface area (Å²) in [7, 11) is 0. The van der Waals surface area contributed by atoms with Gasteiger partial charge in [0.1, 0.15) is 0 Å². The second-order valence-electron chi connectivity index (χ2n) is 3.81. The first-order chi connectivity index (χ1) is 6.80. The van der Waals surface area contributed by atoms with E-state index in [0.717, 1.165) is 25.7 Å². The van der Waals surface area contributed by atoms with Gasteiger partial charge >= 0.3 is 0 Å². The summed E-state index contributed by atoms with van der Waals surface area (Å²) in [6.45, 7) is 0. The molecule has 0 heterocycles. The number of hydrogen-bond donors (Lipinski definition) is 2. The molecule has 2 heteroatoms. The van der Waals surface area contributed by atoms with Crippen LogP contribution in [0.4, 0.5) is 0 Å². The van der Waals surface area contributed by atoms with Gasteiger partial charge in [0, 0.05) is 0 Å². The second-order valence-corrected chi connectivity index (χ2v) is 3.81. The van der Waals surface area contributed by atoms with Gasteiger partial charge in [-0.25, -0.2) is 0 Å². The maximum atomic E-state index is 9.55. The van der Waals surface area contributed by atoms with Gasteiger partial charge in [0.2, 0.25) is 0 Å². The van der Waals surface area contributed by atoms with E-state index in [9.17, 15) is 10.2 Å². The highest BCUT2D eigenvalue weighted by Crippen LogP contribution is 2.10. The average molecular weight is 196 g/mol. The molecule has 1 aliphatic rings. The summed E-state index contributed by atoms with van der Waals surface area (Å²) in [5, 5.41) is 19.1. The molecule has 0 spiro atoms. The Bertz CT molecular complexity index is 174. The van der Waals surface area contributed by atoms with E-state index in [1.807, 2.05) is 0 Å². The normalized spacial score (nSPS) is 35.3. The van der Waals surface area contributed by atoms with Crippen LogP contribution in [0, 0.1) is 0 Å². The van der Waals surface area contributed by atoms with Gasteiger partial charge in [0.15, 0.2) is 0 Å². The molecular weight excluding hydrogens is 176 g/mol. The maximum absolute atomic E-state index is 9.55. The smallest absolute Gasteiger partial charge is 0.0802 e. The Morgan fingerprint density at radius 2 is 1.00 bits per heavy atom. The molecule has 0 bridgehead atoms. The predicted molar refractivity (Wildman–Crippen MR) is 58.0 cm³/mol. The number of aliphatic hydroxyl groups excluding tert-OH is 2. The van der Waals surface area contributed by atoms with E-state index < -0.39 is 12.2 Å². The van der Waals surface area contributed by atoms with E-state index in [0.29, 0.717) is 12.8 Å². The Morgan fingerprint density at radius 1 is 0.643 bits per heavy atom. The molecule has 0 amide bonds. The van der Waals surface area contributed by atoms with Crippen molar-refractivity contribution in [2.45, 2.75) is 50.7 Å². The minimum Gasteiger partial charge on any atom is -0.390 e. The first-order valence-corrected chi connectivity index (χ1v) is 5.47. The lowest BCUT2D eigenvalue weighted by Crippen LogP contribution is -2.25. The van der Waals surface area contributed by atoms with E-state index in [1.54, 1.807) is 0 Å². The molecule has 0 unspecified atom stereocenters. The van der Waals surface area contributed by atoms with Crippen LogP contribution in [0.15, 0.2) is 24.3 Å². The Kier molecular flexibility index (Phi) is 5.57. The molecule has 0 aromatic carbocycles. The van der Waals surface area contributed by atoms with Crippen LogP contribution < -0.4 is 0 Å². The predicted octanol–water partition coefficient (Wildman–Crippen LogP) is 2.17. The number of rotatable bonds is 0.